The number of nitrogens with two attached hydrogens (primary N) is 1. The number of rotatable bonds is 5. The second-order valence-corrected chi connectivity index (χ2v) is 4.46. The Kier molecular flexibility index (Phi) is 4.70. The van der Waals surface area contributed by atoms with Gasteiger partial charge in [-0.1, -0.05) is 0 Å². The van der Waals surface area contributed by atoms with Crippen molar-refractivity contribution in [2.45, 2.75) is 6.10 Å². The highest BCUT2D eigenvalue weighted by atomic mass is 19.1. The third-order valence-corrected chi connectivity index (χ3v) is 2.85. The Morgan fingerprint density at radius 3 is 2.89 bits per heavy atom. The van der Waals surface area contributed by atoms with Gasteiger partial charge in [0.1, 0.15) is 24.3 Å². The molecule has 0 radical (unpaired) electrons. The zero-order chi connectivity index (χ0) is 13.7. The molecule has 0 bridgehead atoms. The first-order chi connectivity index (χ1) is 9.13. The number of amides is 1. The van der Waals surface area contributed by atoms with E-state index in [9.17, 15) is 9.18 Å². The van der Waals surface area contributed by atoms with Gasteiger partial charge in [0.25, 0.3) is 0 Å². The topological polar surface area (TPSA) is 64.8 Å². The van der Waals surface area contributed by atoms with Gasteiger partial charge < -0.3 is 15.2 Å². The molecule has 5 nitrogen and oxygen atoms in total. The van der Waals surface area contributed by atoms with Crippen molar-refractivity contribution in [3.05, 3.63) is 30.1 Å². The van der Waals surface area contributed by atoms with Crippen LogP contribution in [0.5, 0.6) is 5.75 Å². The summed E-state index contributed by atoms with van der Waals surface area (Å²) in [7, 11) is 0. The molecule has 1 aromatic carbocycles. The fraction of sp³-hybridized carbons (Fsp3) is 0.462. The predicted octanol–water partition coefficient (Wildman–Crippen LogP) is 0.391. The van der Waals surface area contributed by atoms with E-state index in [1.165, 1.54) is 12.1 Å². The summed E-state index contributed by atoms with van der Waals surface area (Å²) in [6.07, 6.45) is -0.113. The van der Waals surface area contributed by atoms with Gasteiger partial charge in [0.15, 0.2) is 0 Å². The number of nitrogens with zero attached hydrogens (tertiary/aromatic N) is 1. The van der Waals surface area contributed by atoms with Gasteiger partial charge in [-0.3, -0.25) is 9.69 Å². The van der Waals surface area contributed by atoms with E-state index in [2.05, 4.69) is 0 Å². The summed E-state index contributed by atoms with van der Waals surface area (Å²) in [6.45, 7) is 2.43. The number of benzene rings is 1. The molecule has 0 spiro atoms. The molecule has 1 aromatic rings. The highest BCUT2D eigenvalue weighted by Gasteiger charge is 2.21. The van der Waals surface area contributed by atoms with Crippen molar-refractivity contribution < 1.29 is 18.7 Å². The van der Waals surface area contributed by atoms with Crippen LogP contribution in [0.3, 0.4) is 0 Å². The predicted molar refractivity (Wildman–Crippen MR) is 67.3 cm³/mol. The molecule has 1 atom stereocenters. The van der Waals surface area contributed by atoms with Gasteiger partial charge in [-0.25, -0.2) is 4.39 Å². The molecule has 0 aromatic heterocycles. The molecule has 0 saturated carbocycles. The summed E-state index contributed by atoms with van der Waals surface area (Å²) < 4.78 is 23.8. The fourth-order valence-electron chi connectivity index (χ4n) is 1.97. The van der Waals surface area contributed by atoms with Gasteiger partial charge in [-0.15, -0.1) is 0 Å². The average Bonchev–Trinajstić information content (AvgIpc) is 2.38. The number of carbonyl (C=O) groups excluding carboxylic acids is 1. The van der Waals surface area contributed by atoms with Gasteiger partial charge in [-0.2, -0.15) is 0 Å². The molecule has 0 aliphatic carbocycles. The maximum absolute atomic E-state index is 12.7. The van der Waals surface area contributed by atoms with Crippen molar-refractivity contribution in [3.8, 4) is 5.75 Å². The highest BCUT2D eigenvalue weighted by Crippen LogP contribution is 2.13. The number of hydrogen-bond donors (Lipinski definition) is 1. The van der Waals surface area contributed by atoms with Crippen LogP contribution in [0.25, 0.3) is 0 Å². The minimum Gasteiger partial charge on any atom is -0.491 e. The molecule has 1 amide bonds. The smallest absolute Gasteiger partial charge is 0.231 e. The van der Waals surface area contributed by atoms with Crippen molar-refractivity contribution in [2.75, 3.05) is 32.8 Å². The Balaban J connectivity index is 1.79. The van der Waals surface area contributed by atoms with Gasteiger partial charge in [0, 0.05) is 13.1 Å². The average molecular weight is 268 g/mol. The number of morpholine rings is 1. The molecule has 0 unspecified atom stereocenters. The van der Waals surface area contributed by atoms with Crippen LogP contribution in [-0.2, 0) is 9.53 Å². The summed E-state index contributed by atoms with van der Waals surface area (Å²) in [6, 6.07) is 5.82. The van der Waals surface area contributed by atoms with Gasteiger partial charge in [0.05, 0.1) is 13.2 Å². The van der Waals surface area contributed by atoms with Crippen molar-refractivity contribution in [3.63, 3.8) is 0 Å². The lowest BCUT2D eigenvalue weighted by molar-refractivity contribution is -0.121. The first-order valence-electron chi connectivity index (χ1n) is 6.14. The maximum Gasteiger partial charge on any atom is 0.231 e. The molecule has 19 heavy (non-hydrogen) atoms. The minimum atomic E-state index is -0.347. The zero-order valence-corrected chi connectivity index (χ0v) is 10.5. The van der Waals surface area contributed by atoms with Crippen LogP contribution in [0.2, 0.25) is 0 Å². The van der Waals surface area contributed by atoms with Crippen LogP contribution in [-0.4, -0.2) is 49.8 Å². The Morgan fingerprint density at radius 2 is 2.21 bits per heavy atom. The second kappa shape index (κ2) is 6.49. The third kappa shape index (κ3) is 4.50. The summed E-state index contributed by atoms with van der Waals surface area (Å²) in [5.41, 5.74) is 5.16. The molecule has 1 fully saturated rings. The molecule has 2 rings (SSSR count). The summed E-state index contributed by atoms with van der Waals surface area (Å²) in [4.78, 5) is 12.8. The van der Waals surface area contributed by atoms with E-state index in [1.54, 1.807) is 12.1 Å². The lowest BCUT2D eigenvalue weighted by atomic mass is 10.2. The molecule has 1 saturated heterocycles. The van der Waals surface area contributed by atoms with E-state index in [0.717, 1.165) is 0 Å². The largest absolute Gasteiger partial charge is 0.491 e. The lowest BCUT2D eigenvalue weighted by Crippen LogP contribution is -2.47. The molecule has 104 valence electrons. The number of hydrogen-bond acceptors (Lipinski definition) is 4. The first kappa shape index (κ1) is 13.8. The van der Waals surface area contributed by atoms with Crippen LogP contribution in [0, 0.1) is 5.82 Å². The molecule has 1 aliphatic heterocycles. The van der Waals surface area contributed by atoms with E-state index in [4.69, 9.17) is 15.2 Å². The standard InChI is InChI=1S/C13H17FN2O3/c14-10-1-3-11(4-2-10)19-9-12-7-16(5-6-18-12)8-13(15)17/h1-4,12H,5-9H2,(H2,15,17)/t12-/m1/s1. The Morgan fingerprint density at radius 1 is 1.47 bits per heavy atom. The molecular weight excluding hydrogens is 251 g/mol. The quantitative estimate of drug-likeness (QED) is 0.839. The molecule has 1 heterocycles. The highest BCUT2D eigenvalue weighted by molar-refractivity contribution is 5.75. The lowest BCUT2D eigenvalue weighted by Gasteiger charge is -2.31. The van der Waals surface area contributed by atoms with Crippen LogP contribution in [0.15, 0.2) is 24.3 Å². The summed E-state index contributed by atoms with van der Waals surface area (Å²) in [5.74, 6) is -0.0500. The van der Waals surface area contributed by atoms with Gasteiger partial charge in [0.2, 0.25) is 5.91 Å². The molecule has 6 heteroatoms. The van der Waals surface area contributed by atoms with E-state index in [-0.39, 0.29) is 24.4 Å². The zero-order valence-electron chi connectivity index (χ0n) is 10.5. The van der Waals surface area contributed by atoms with Crippen molar-refractivity contribution in [2.24, 2.45) is 5.73 Å². The Bertz CT molecular complexity index is 424. The first-order valence-corrected chi connectivity index (χ1v) is 6.14. The normalized spacial score (nSPS) is 20.2. The second-order valence-electron chi connectivity index (χ2n) is 4.46. The number of carbonyl (C=O) groups is 1. The number of halogens is 1. The van der Waals surface area contributed by atoms with Crippen LogP contribution in [0.4, 0.5) is 4.39 Å². The maximum atomic E-state index is 12.7. The van der Waals surface area contributed by atoms with E-state index in [0.29, 0.717) is 32.1 Å². The monoisotopic (exact) mass is 268 g/mol. The van der Waals surface area contributed by atoms with Crippen molar-refractivity contribution >= 4 is 5.91 Å². The van der Waals surface area contributed by atoms with E-state index >= 15 is 0 Å². The Labute approximate surface area is 111 Å². The molecule has 2 N–H and O–H groups in total. The summed E-state index contributed by atoms with van der Waals surface area (Å²) in [5, 5.41) is 0. The Hall–Kier alpha value is -1.66. The van der Waals surface area contributed by atoms with E-state index < -0.39 is 0 Å². The van der Waals surface area contributed by atoms with Crippen molar-refractivity contribution in [1.29, 1.82) is 0 Å². The summed E-state index contributed by atoms with van der Waals surface area (Å²) >= 11 is 0. The van der Waals surface area contributed by atoms with E-state index in [1.807, 2.05) is 4.90 Å². The van der Waals surface area contributed by atoms with Gasteiger partial charge >= 0.3 is 0 Å². The fourth-order valence-corrected chi connectivity index (χ4v) is 1.97. The van der Waals surface area contributed by atoms with Crippen LogP contribution in [0.1, 0.15) is 0 Å². The number of primary amides is 1. The van der Waals surface area contributed by atoms with Gasteiger partial charge in [-0.05, 0) is 24.3 Å². The SMILES string of the molecule is NC(=O)CN1CCO[C@@H](COc2ccc(F)cc2)C1. The van der Waals surface area contributed by atoms with Crippen molar-refractivity contribution in [1.82, 2.24) is 4.90 Å². The molecule has 1 aliphatic rings. The van der Waals surface area contributed by atoms with Crippen LogP contribution < -0.4 is 10.5 Å². The number of ether oxygens (including phenoxy) is 2. The molecular formula is C13H17FN2O3. The third-order valence-electron chi connectivity index (χ3n) is 2.85. The van der Waals surface area contributed by atoms with Crippen LogP contribution >= 0.6 is 0 Å². The minimum absolute atomic E-state index is 0.113.